The zero-order valence-electron chi connectivity index (χ0n) is 23.8. The molecule has 0 saturated heterocycles. The van der Waals surface area contributed by atoms with Crippen molar-refractivity contribution in [1.29, 1.82) is 0 Å². The molecule has 41 heavy (non-hydrogen) atoms. The average molecular weight is 600 g/mol. The molecule has 0 aliphatic carbocycles. The third kappa shape index (κ3) is 9.79. The monoisotopic (exact) mass is 599 g/mol. The molecule has 0 heterocycles. The molecule has 0 aliphatic rings. The van der Waals surface area contributed by atoms with Gasteiger partial charge in [0.25, 0.3) is 0 Å². The Morgan fingerprint density at radius 2 is 1.59 bits per heavy atom. The minimum Gasteiger partial charge on any atom is -0.494 e. The van der Waals surface area contributed by atoms with Crippen LogP contribution in [-0.2, 0) is 32.6 Å². The van der Waals surface area contributed by atoms with Gasteiger partial charge >= 0.3 is 0 Å². The second-order valence-corrected chi connectivity index (χ2v) is 12.0. The lowest BCUT2D eigenvalue weighted by Crippen LogP contribution is -2.53. The number of amides is 2. The number of rotatable bonds is 15. The Morgan fingerprint density at radius 3 is 2.17 bits per heavy atom. The summed E-state index contributed by atoms with van der Waals surface area (Å²) in [7, 11) is -3.85. The van der Waals surface area contributed by atoms with E-state index in [1.54, 1.807) is 48.5 Å². The highest BCUT2D eigenvalue weighted by Crippen LogP contribution is 2.23. The van der Waals surface area contributed by atoms with Gasteiger partial charge in [-0.05, 0) is 60.9 Å². The SMILES string of the molecule is CCCCNC(=O)[C@@H](Cc1ccccc1)N(Cc1ccc(Cl)cc1)C(=O)CN(c1ccc(OCC)cc1)S(C)(=O)=O. The normalized spacial score (nSPS) is 11.9. The number of anilines is 1. The molecule has 2 amide bonds. The van der Waals surface area contributed by atoms with Gasteiger partial charge in [0, 0.05) is 24.5 Å². The number of hydrogen-bond donors (Lipinski definition) is 1. The Bertz CT molecular complexity index is 1370. The summed E-state index contributed by atoms with van der Waals surface area (Å²) >= 11 is 6.09. The van der Waals surface area contributed by atoms with E-state index in [0.717, 1.165) is 34.5 Å². The van der Waals surface area contributed by atoms with Crippen LogP contribution in [-0.4, -0.2) is 57.1 Å². The Hall–Kier alpha value is -3.56. The van der Waals surface area contributed by atoms with Crippen molar-refractivity contribution in [3.63, 3.8) is 0 Å². The van der Waals surface area contributed by atoms with Gasteiger partial charge in [-0.1, -0.05) is 67.4 Å². The van der Waals surface area contributed by atoms with Crippen LogP contribution in [0.4, 0.5) is 5.69 Å². The zero-order chi connectivity index (χ0) is 29.8. The first-order valence-corrected chi connectivity index (χ1v) is 15.9. The molecule has 0 radical (unpaired) electrons. The maximum atomic E-state index is 14.1. The lowest BCUT2D eigenvalue weighted by molar-refractivity contribution is -0.140. The van der Waals surface area contributed by atoms with Crippen molar-refractivity contribution in [1.82, 2.24) is 10.2 Å². The van der Waals surface area contributed by atoms with Gasteiger partial charge in [0.15, 0.2) is 0 Å². The van der Waals surface area contributed by atoms with Crippen LogP contribution in [0.2, 0.25) is 5.02 Å². The predicted octanol–water partition coefficient (Wildman–Crippen LogP) is 5.06. The quantitative estimate of drug-likeness (QED) is 0.246. The second-order valence-electron chi connectivity index (χ2n) is 9.69. The largest absolute Gasteiger partial charge is 0.494 e. The summed E-state index contributed by atoms with van der Waals surface area (Å²) in [5, 5.41) is 3.51. The van der Waals surface area contributed by atoms with E-state index in [1.165, 1.54) is 4.90 Å². The molecule has 0 aliphatic heterocycles. The minimum atomic E-state index is -3.85. The number of ether oxygens (including phenoxy) is 1. The number of hydrogen-bond acceptors (Lipinski definition) is 5. The van der Waals surface area contributed by atoms with Gasteiger partial charge in [0.1, 0.15) is 18.3 Å². The molecule has 220 valence electrons. The Morgan fingerprint density at radius 1 is 0.927 bits per heavy atom. The van der Waals surface area contributed by atoms with Crippen molar-refractivity contribution >= 4 is 39.1 Å². The molecular formula is C31H38ClN3O5S. The predicted molar refractivity (Wildman–Crippen MR) is 164 cm³/mol. The van der Waals surface area contributed by atoms with Crippen LogP contribution >= 0.6 is 11.6 Å². The molecule has 0 saturated carbocycles. The van der Waals surface area contributed by atoms with E-state index in [9.17, 15) is 18.0 Å². The maximum absolute atomic E-state index is 14.1. The van der Waals surface area contributed by atoms with Crippen LogP contribution in [0.1, 0.15) is 37.8 Å². The summed E-state index contributed by atoms with van der Waals surface area (Å²) in [6, 6.07) is 22.1. The number of sulfonamides is 1. The molecule has 8 nitrogen and oxygen atoms in total. The van der Waals surface area contributed by atoms with Crippen LogP contribution in [0.5, 0.6) is 5.75 Å². The first-order valence-electron chi connectivity index (χ1n) is 13.7. The molecule has 0 unspecified atom stereocenters. The molecule has 0 bridgehead atoms. The highest BCUT2D eigenvalue weighted by Gasteiger charge is 2.33. The number of carbonyl (C=O) groups is 2. The van der Waals surface area contributed by atoms with Crippen LogP contribution in [0.15, 0.2) is 78.9 Å². The van der Waals surface area contributed by atoms with Gasteiger partial charge < -0.3 is 15.0 Å². The summed E-state index contributed by atoms with van der Waals surface area (Å²) in [5.41, 5.74) is 1.96. The highest BCUT2D eigenvalue weighted by molar-refractivity contribution is 7.92. The van der Waals surface area contributed by atoms with Gasteiger partial charge in [0.05, 0.1) is 18.6 Å². The zero-order valence-corrected chi connectivity index (χ0v) is 25.3. The average Bonchev–Trinajstić information content (AvgIpc) is 2.95. The molecule has 0 spiro atoms. The van der Waals surface area contributed by atoms with Crippen molar-refractivity contribution in [2.24, 2.45) is 0 Å². The second kappa shape index (κ2) is 15.4. The van der Waals surface area contributed by atoms with Crippen molar-refractivity contribution in [3.05, 3.63) is 95.0 Å². The summed E-state index contributed by atoms with van der Waals surface area (Å²) in [5.74, 6) is -0.213. The molecule has 10 heteroatoms. The Kier molecular flexibility index (Phi) is 12.0. The van der Waals surface area contributed by atoms with E-state index >= 15 is 0 Å². The van der Waals surface area contributed by atoms with Crippen LogP contribution in [0, 0.1) is 0 Å². The standard InChI is InChI=1S/C31H38ClN3O5S/c1-4-6-20-33-31(37)29(21-24-10-8-7-9-11-24)34(22-25-12-14-26(32)15-13-25)30(36)23-35(41(3,38)39)27-16-18-28(19-17-27)40-5-2/h7-19,29H,4-6,20-23H2,1-3H3,(H,33,37)/t29-/m1/s1. The first-order chi connectivity index (χ1) is 19.6. The molecule has 1 N–H and O–H groups in total. The van der Waals surface area contributed by atoms with E-state index < -0.39 is 28.5 Å². The van der Waals surface area contributed by atoms with Gasteiger partial charge in [-0.3, -0.25) is 13.9 Å². The van der Waals surface area contributed by atoms with E-state index in [4.69, 9.17) is 16.3 Å². The van der Waals surface area contributed by atoms with E-state index in [1.807, 2.05) is 44.2 Å². The maximum Gasteiger partial charge on any atom is 0.244 e. The molecule has 0 aromatic heterocycles. The van der Waals surface area contributed by atoms with Gasteiger partial charge in [0.2, 0.25) is 21.8 Å². The topological polar surface area (TPSA) is 96.0 Å². The van der Waals surface area contributed by atoms with Crippen LogP contribution in [0.25, 0.3) is 0 Å². The van der Waals surface area contributed by atoms with E-state index in [2.05, 4.69) is 5.32 Å². The number of halogens is 1. The molecule has 3 rings (SSSR count). The first kappa shape index (κ1) is 32.0. The highest BCUT2D eigenvalue weighted by atomic mass is 35.5. The summed E-state index contributed by atoms with van der Waals surface area (Å²) < 4.78 is 32.3. The summed E-state index contributed by atoms with van der Waals surface area (Å²) in [6.07, 6.45) is 3.02. The van der Waals surface area contributed by atoms with Gasteiger partial charge in [-0.15, -0.1) is 0 Å². The van der Waals surface area contributed by atoms with E-state index in [-0.39, 0.29) is 18.9 Å². The molecule has 3 aromatic carbocycles. The van der Waals surface area contributed by atoms with Gasteiger partial charge in [-0.25, -0.2) is 8.42 Å². The third-order valence-corrected chi connectivity index (χ3v) is 7.87. The fraction of sp³-hybridized carbons (Fsp3) is 0.355. The van der Waals surface area contributed by atoms with Crippen LogP contribution in [0.3, 0.4) is 0 Å². The number of nitrogens with zero attached hydrogens (tertiary/aromatic N) is 2. The number of nitrogens with one attached hydrogen (secondary N) is 1. The van der Waals surface area contributed by atoms with Crippen molar-refractivity contribution < 1.29 is 22.7 Å². The number of benzene rings is 3. The van der Waals surface area contributed by atoms with Crippen molar-refractivity contribution in [2.45, 2.75) is 45.7 Å². The molecule has 3 aromatic rings. The van der Waals surface area contributed by atoms with Crippen molar-refractivity contribution in [3.8, 4) is 5.75 Å². The number of carbonyl (C=O) groups excluding carboxylic acids is 2. The lowest BCUT2D eigenvalue weighted by Gasteiger charge is -2.33. The van der Waals surface area contributed by atoms with Crippen molar-refractivity contribution in [2.75, 3.05) is 30.3 Å². The Balaban J connectivity index is 2.00. The Labute approximate surface area is 248 Å². The lowest BCUT2D eigenvalue weighted by atomic mass is 10.0. The van der Waals surface area contributed by atoms with E-state index in [0.29, 0.717) is 29.6 Å². The smallest absolute Gasteiger partial charge is 0.244 e. The van der Waals surface area contributed by atoms with Crippen LogP contribution < -0.4 is 14.4 Å². The molecule has 0 fully saturated rings. The molecular weight excluding hydrogens is 562 g/mol. The van der Waals surface area contributed by atoms with Gasteiger partial charge in [-0.2, -0.15) is 0 Å². The number of unbranched alkanes of at least 4 members (excludes halogenated alkanes) is 1. The fourth-order valence-electron chi connectivity index (χ4n) is 4.34. The molecule has 1 atom stereocenters. The fourth-order valence-corrected chi connectivity index (χ4v) is 5.31. The minimum absolute atomic E-state index is 0.0928. The summed E-state index contributed by atoms with van der Waals surface area (Å²) in [4.78, 5) is 29.1. The third-order valence-electron chi connectivity index (χ3n) is 6.48. The summed E-state index contributed by atoms with van der Waals surface area (Å²) in [6.45, 7) is 4.45.